The maximum absolute atomic E-state index is 12.5. The van der Waals surface area contributed by atoms with Crippen LogP contribution in [0.4, 0.5) is 5.82 Å². The van der Waals surface area contributed by atoms with Crippen molar-refractivity contribution in [2.45, 2.75) is 46.1 Å². The number of nitrogens with one attached hydrogen (secondary N) is 1. The fourth-order valence-electron chi connectivity index (χ4n) is 2.17. The van der Waals surface area contributed by atoms with Crippen molar-refractivity contribution >= 4 is 23.3 Å². The van der Waals surface area contributed by atoms with Crippen LogP contribution in [0.15, 0.2) is 12.1 Å². The molecule has 0 bridgehead atoms. The first kappa shape index (κ1) is 16.8. The summed E-state index contributed by atoms with van der Waals surface area (Å²) in [5, 5.41) is 3.50. The fraction of sp³-hybridized carbons (Fsp3) is 0.600. The molecule has 112 valence electrons. The molecule has 1 heterocycles. The molecule has 1 N–H and O–H groups in total. The number of carbonyl (C=O) groups is 1. The Bertz CT molecular complexity index is 447. The molecule has 0 aromatic carbocycles. The van der Waals surface area contributed by atoms with E-state index >= 15 is 0 Å². The molecule has 0 fully saturated rings. The van der Waals surface area contributed by atoms with Gasteiger partial charge in [-0.15, -0.1) is 0 Å². The van der Waals surface area contributed by atoms with Crippen LogP contribution in [0, 0.1) is 0 Å². The quantitative estimate of drug-likeness (QED) is 0.778. The number of anilines is 1. The highest BCUT2D eigenvalue weighted by Gasteiger charge is 2.19. The molecule has 0 radical (unpaired) electrons. The van der Waals surface area contributed by atoms with Gasteiger partial charge in [0.15, 0.2) is 0 Å². The number of aromatic nitrogens is 1. The van der Waals surface area contributed by atoms with E-state index in [2.05, 4.69) is 31.1 Å². The number of halogens is 1. The lowest BCUT2D eigenvalue weighted by molar-refractivity contribution is 0.0723. The molecular weight excluding hydrogens is 274 g/mol. The molecule has 0 unspecified atom stereocenters. The van der Waals surface area contributed by atoms with Gasteiger partial charge in [-0.25, -0.2) is 4.98 Å². The van der Waals surface area contributed by atoms with Gasteiger partial charge in [0.1, 0.15) is 11.0 Å². The van der Waals surface area contributed by atoms with Crippen molar-refractivity contribution in [1.29, 1.82) is 0 Å². The van der Waals surface area contributed by atoms with Crippen molar-refractivity contribution in [2.24, 2.45) is 0 Å². The van der Waals surface area contributed by atoms with Crippen LogP contribution in [-0.2, 0) is 0 Å². The first-order valence-corrected chi connectivity index (χ1v) is 7.59. The van der Waals surface area contributed by atoms with Gasteiger partial charge in [0, 0.05) is 25.2 Å². The smallest absolute Gasteiger partial charge is 0.254 e. The summed E-state index contributed by atoms with van der Waals surface area (Å²) in [6.45, 7) is 7.06. The van der Waals surface area contributed by atoms with E-state index in [1.807, 2.05) is 7.05 Å². The highest BCUT2D eigenvalue weighted by molar-refractivity contribution is 6.29. The first-order chi connectivity index (χ1) is 9.53. The summed E-state index contributed by atoms with van der Waals surface area (Å²) >= 11 is 6.00. The zero-order valence-electron chi connectivity index (χ0n) is 12.7. The van der Waals surface area contributed by atoms with Gasteiger partial charge in [0.25, 0.3) is 5.91 Å². The number of pyridine rings is 1. The van der Waals surface area contributed by atoms with Crippen LogP contribution >= 0.6 is 11.6 Å². The molecule has 0 saturated carbocycles. The second-order valence-corrected chi connectivity index (χ2v) is 5.26. The van der Waals surface area contributed by atoms with Crippen molar-refractivity contribution in [3.63, 3.8) is 0 Å². The van der Waals surface area contributed by atoms with Gasteiger partial charge in [0.2, 0.25) is 0 Å². The Kier molecular flexibility index (Phi) is 6.79. The van der Waals surface area contributed by atoms with Crippen LogP contribution < -0.4 is 5.32 Å². The van der Waals surface area contributed by atoms with Crippen molar-refractivity contribution in [2.75, 3.05) is 18.9 Å². The molecule has 0 aliphatic rings. The predicted octanol–water partition coefficient (Wildman–Crippen LogP) is 3.82. The Labute approximate surface area is 126 Å². The normalized spacial score (nSPS) is 10.7. The van der Waals surface area contributed by atoms with E-state index in [-0.39, 0.29) is 11.9 Å². The maximum Gasteiger partial charge on any atom is 0.254 e. The van der Waals surface area contributed by atoms with Gasteiger partial charge in [0.05, 0.1) is 0 Å². The number of nitrogens with zero attached hydrogens (tertiary/aromatic N) is 2. The van der Waals surface area contributed by atoms with Gasteiger partial charge in [-0.3, -0.25) is 4.79 Å². The average Bonchev–Trinajstić information content (AvgIpc) is 2.44. The molecule has 0 saturated heterocycles. The molecule has 0 spiro atoms. The number of amides is 1. The minimum absolute atomic E-state index is 0.0115. The maximum atomic E-state index is 12.5. The summed E-state index contributed by atoms with van der Waals surface area (Å²) in [5.74, 6) is 0.642. The van der Waals surface area contributed by atoms with Crippen LogP contribution in [0.1, 0.15) is 50.4 Å². The molecule has 1 aromatic heterocycles. The molecule has 1 rings (SSSR count). The Morgan fingerprint density at radius 2 is 2.00 bits per heavy atom. The number of hydrogen-bond acceptors (Lipinski definition) is 3. The van der Waals surface area contributed by atoms with Crippen LogP contribution in [0.5, 0.6) is 0 Å². The zero-order chi connectivity index (χ0) is 15.1. The summed E-state index contributed by atoms with van der Waals surface area (Å²) in [6.07, 6.45) is 2.88. The summed E-state index contributed by atoms with van der Waals surface area (Å²) in [5.41, 5.74) is 0.581. The van der Waals surface area contributed by atoms with Crippen molar-refractivity contribution < 1.29 is 4.79 Å². The van der Waals surface area contributed by atoms with E-state index in [0.29, 0.717) is 16.5 Å². The molecule has 0 aliphatic heterocycles. The number of carbonyl (C=O) groups excluding carboxylic acids is 1. The molecule has 0 aliphatic carbocycles. The lowest BCUT2D eigenvalue weighted by atomic mass is 10.1. The van der Waals surface area contributed by atoms with E-state index in [1.54, 1.807) is 17.0 Å². The Hall–Kier alpha value is -1.29. The van der Waals surface area contributed by atoms with Crippen LogP contribution in [0.3, 0.4) is 0 Å². The van der Waals surface area contributed by atoms with Crippen LogP contribution in [-0.4, -0.2) is 35.4 Å². The largest absolute Gasteiger partial charge is 0.370 e. The summed E-state index contributed by atoms with van der Waals surface area (Å²) in [4.78, 5) is 18.5. The number of hydrogen-bond donors (Lipinski definition) is 1. The summed E-state index contributed by atoms with van der Waals surface area (Å²) in [7, 11) is 1.84. The Morgan fingerprint density at radius 1 is 1.35 bits per heavy atom. The third-order valence-electron chi connectivity index (χ3n) is 3.41. The van der Waals surface area contributed by atoms with E-state index in [9.17, 15) is 4.79 Å². The van der Waals surface area contributed by atoms with E-state index < -0.39 is 0 Å². The van der Waals surface area contributed by atoms with Gasteiger partial charge in [-0.05, 0) is 31.4 Å². The number of rotatable bonds is 7. The topological polar surface area (TPSA) is 45.2 Å². The van der Waals surface area contributed by atoms with Crippen LogP contribution in [0.25, 0.3) is 0 Å². The molecule has 4 nitrogen and oxygen atoms in total. The van der Waals surface area contributed by atoms with E-state index in [1.165, 1.54) is 0 Å². The van der Waals surface area contributed by atoms with E-state index in [4.69, 9.17) is 11.6 Å². The van der Waals surface area contributed by atoms with Crippen molar-refractivity contribution in [3.8, 4) is 0 Å². The molecular formula is C15H24ClN3O. The fourth-order valence-corrected chi connectivity index (χ4v) is 2.38. The standard InChI is InChI=1S/C15H24ClN3O/c1-5-8-17-14-10-11(9-13(16)18-14)15(20)19(4)12(6-2)7-3/h9-10,12H,5-8H2,1-4H3,(H,17,18). The average molecular weight is 298 g/mol. The zero-order valence-corrected chi connectivity index (χ0v) is 13.5. The molecule has 1 aromatic rings. The lowest BCUT2D eigenvalue weighted by Gasteiger charge is -2.26. The third-order valence-corrected chi connectivity index (χ3v) is 3.60. The van der Waals surface area contributed by atoms with Gasteiger partial charge in [-0.2, -0.15) is 0 Å². The van der Waals surface area contributed by atoms with Crippen molar-refractivity contribution in [3.05, 3.63) is 22.8 Å². The minimum Gasteiger partial charge on any atom is -0.370 e. The van der Waals surface area contributed by atoms with Gasteiger partial charge >= 0.3 is 0 Å². The SMILES string of the molecule is CCCNc1cc(C(=O)N(C)C(CC)CC)cc(Cl)n1. The summed E-state index contributed by atoms with van der Waals surface area (Å²) in [6, 6.07) is 3.64. The third kappa shape index (κ3) is 4.37. The molecule has 20 heavy (non-hydrogen) atoms. The second kappa shape index (κ2) is 8.10. The Balaban J connectivity index is 2.94. The minimum atomic E-state index is -0.0115. The van der Waals surface area contributed by atoms with Crippen molar-refractivity contribution in [1.82, 2.24) is 9.88 Å². The first-order valence-electron chi connectivity index (χ1n) is 7.22. The highest BCUT2D eigenvalue weighted by atomic mass is 35.5. The molecule has 0 atom stereocenters. The highest BCUT2D eigenvalue weighted by Crippen LogP contribution is 2.18. The summed E-state index contributed by atoms with van der Waals surface area (Å²) < 4.78 is 0. The molecule has 5 heteroatoms. The molecule has 1 amide bonds. The lowest BCUT2D eigenvalue weighted by Crippen LogP contribution is -2.36. The van der Waals surface area contributed by atoms with E-state index in [0.717, 1.165) is 25.8 Å². The monoisotopic (exact) mass is 297 g/mol. The second-order valence-electron chi connectivity index (χ2n) is 4.88. The Morgan fingerprint density at radius 3 is 2.55 bits per heavy atom. The van der Waals surface area contributed by atoms with Crippen LogP contribution in [0.2, 0.25) is 5.15 Å². The van der Waals surface area contributed by atoms with Gasteiger partial charge in [-0.1, -0.05) is 32.4 Å². The predicted molar refractivity (Wildman–Crippen MR) is 84.5 cm³/mol. The van der Waals surface area contributed by atoms with Gasteiger partial charge < -0.3 is 10.2 Å².